The van der Waals surface area contributed by atoms with E-state index in [0.29, 0.717) is 6.04 Å². The summed E-state index contributed by atoms with van der Waals surface area (Å²) in [6, 6.07) is 9.70. The van der Waals surface area contributed by atoms with E-state index in [4.69, 9.17) is 0 Å². The van der Waals surface area contributed by atoms with Gasteiger partial charge in [0.1, 0.15) is 0 Å². The molecule has 1 nitrogen and oxygen atoms in total. The minimum absolute atomic E-state index is 0.681. The number of rotatable bonds is 2. The van der Waals surface area contributed by atoms with Crippen LogP contribution in [0, 0.1) is 6.92 Å². The van der Waals surface area contributed by atoms with E-state index in [1.807, 2.05) is 0 Å². The van der Waals surface area contributed by atoms with E-state index in [2.05, 4.69) is 43.0 Å². The highest BCUT2D eigenvalue weighted by Crippen LogP contribution is 2.31. The highest BCUT2D eigenvalue weighted by molar-refractivity contribution is 5.24. The summed E-state index contributed by atoms with van der Waals surface area (Å²) in [4.78, 5) is 2.57. The molecular formula is C13H19N. The molecule has 0 saturated carbocycles. The van der Waals surface area contributed by atoms with E-state index in [0.717, 1.165) is 0 Å². The number of hydrogen-bond donors (Lipinski definition) is 0. The molecule has 14 heavy (non-hydrogen) atoms. The van der Waals surface area contributed by atoms with Gasteiger partial charge in [-0.2, -0.15) is 0 Å². The Morgan fingerprint density at radius 1 is 1.29 bits per heavy atom. The van der Waals surface area contributed by atoms with E-state index in [1.54, 1.807) is 0 Å². The molecule has 1 atom stereocenters. The molecule has 1 heterocycles. The first-order valence-electron chi connectivity index (χ1n) is 5.62. The maximum atomic E-state index is 2.57. The molecular weight excluding hydrogens is 170 g/mol. The normalized spacial score (nSPS) is 22.9. The van der Waals surface area contributed by atoms with Gasteiger partial charge >= 0.3 is 0 Å². The third-order valence-corrected chi connectivity index (χ3v) is 3.23. The summed E-state index contributed by atoms with van der Waals surface area (Å²) in [5, 5.41) is 0. The smallest absolute Gasteiger partial charge is 0.0348 e. The summed E-state index contributed by atoms with van der Waals surface area (Å²) < 4.78 is 0. The molecule has 1 fully saturated rings. The topological polar surface area (TPSA) is 3.24 Å². The van der Waals surface area contributed by atoms with Crippen LogP contribution in [0.15, 0.2) is 24.3 Å². The quantitative estimate of drug-likeness (QED) is 0.690. The standard InChI is InChI=1S/C13H19N/c1-3-14-10-4-5-13(14)12-8-6-11(2)7-9-12/h6-9,13H,3-5,10H2,1-2H3. The second-order valence-electron chi connectivity index (χ2n) is 4.20. The van der Waals surface area contributed by atoms with E-state index in [-0.39, 0.29) is 0 Å². The van der Waals surface area contributed by atoms with Crippen LogP contribution in [0.2, 0.25) is 0 Å². The van der Waals surface area contributed by atoms with Crippen molar-refractivity contribution in [2.75, 3.05) is 13.1 Å². The lowest BCUT2D eigenvalue weighted by Gasteiger charge is -2.23. The number of aryl methyl sites for hydroxylation is 1. The molecule has 0 N–H and O–H groups in total. The van der Waals surface area contributed by atoms with Crippen molar-refractivity contribution in [3.63, 3.8) is 0 Å². The van der Waals surface area contributed by atoms with Crippen LogP contribution >= 0.6 is 0 Å². The Morgan fingerprint density at radius 2 is 2.00 bits per heavy atom. The van der Waals surface area contributed by atoms with Gasteiger partial charge in [-0.1, -0.05) is 36.8 Å². The van der Waals surface area contributed by atoms with E-state index < -0.39 is 0 Å². The lowest BCUT2D eigenvalue weighted by atomic mass is 10.0. The molecule has 0 amide bonds. The first-order chi connectivity index (χ1) is 6.81. The molecule has 0 aromatic heterocycles. The Morgan fingerprint density at radius 3 is 2.64 bits per heavy atom. The Hall–Kier alpha value is -0.820. The largest absolute Gasteiger partial charge is 0.297 e. The molecule has 0 radical (unpaired) electrons. The van der Waals surface area contributed by atoms with Gasteiger partial charge in [-0.05, 0) is 38.4 Å². The Bertz CT molecular complexity index is 289. The third kappa shape index (κ3) is 1.83. The molecule has 1 heteroatoms. The van der Waals surface area contributed by atoms with E-state index >= 15 is 0 Å². The Labute approximate surface area is 86.7 Å². The third-order valence-electron chi connectivity index (χ3n) is 3.23. The fourth-order valence-electron chi connectivity index (χ4n) is 2.37. The van der Waals surface area contributed by atoms with Crippen molar-refractivity contribution in [3.8, 4) is 0 Å². The SMILES string of the molecule is CCN1CCCC1c1ccc(C)cc1. The average Bonchev–Trinajstić information content (AvgIpc) is 2.67. The van der Waals surface area contributed by atoms with Crippen LogP contribution in [-0.4, -0.2) is 18.0 Å². The lowest BCUT2D eigenvalue weighted by Crippen LogP contribution is -2.22. The number of benzene rings is 1. The summed E-state index contributed by atoms with van der Waals surface area (Å²) in [5.74, 6) is 0. The minimum Gasteiger partial charge on any atom is -0.297 e. The molecule has 1 aromatic carbocycles. The van der Waals surface area contributed by atoms with Crippen LogP contribution in [0.25, 0.3) is 0 Å². The van der Waals surface area contributed by atoms with Crippen molar-refractivity contribution < 1.29 is 0 Å². The van der Waals surface area contributed by atoms with Crippen LogP contribution in [0.5, 0.6) is 0 Å². The lowest BCUT2D eigenvalue weighted by molar-refractivity contribution is 0.271. The van der Waals surface area contributed by atoms with Crippen molar-refractivity contribution in [1.82, 2.24) is 4.90 Å². The van der Waals surface area contributed by atoms with Crippen molar-refractivity contribution in [2.24, 2.45) is 0 Å². The van der Waals surface area contributed by atoms with Gasteiger partial charge < -0.3 is 0 Å². The molecule has 0 bridgehead atoms. The highest BCUT2D eigenvalue weighted by Gasteiger charge is 2.23. The molecule has 0 aliphatic carbocycles. The van der Waals surface area contributed by atoms with Crippen molar-refractivity contribution in [1.29, 1.82) is 0 Å². The number of likely N-dealkylation sites (tertiary alicyclic amines) is 1. The highest BCUT2D eigenvalue weighted by atomic mass is 15.2. The van der Waals surface area contributed by atoms with Gasteiger partial charge in [-0.25, -0.2) is 0 Å². The first-order valence-corrected chi connectivity index (χ1v) is 5.62. The minimum atomic E-state index is 0.681. The van der Waals surface area contributed by atoms with Gasteiger partial charge in [0.2, 0.25) is 0 Å². The predicted molar refractivity (Wildman–Crippen MR) is 60.4 cm³/mol. The van der Waals surface area contributed by atoms with Gasteiger partial charge in [0, 0.05) is 6.04 Å². The van der Waals surface area contributed by atoms with Crippen LogP contribution < -0.4 is 0 Å². The first kappa shape index (κ1) is 9.72. The fraction of sp³-hybridized carbons (Fsp3) is 0.538. The monoisotopic (exact) mass is 189 g/mol. The molecule has 1 aromatic rings. The van der Waals surface area contributed by atoms with Crippen molar-refractivity contribution in [3.05, 3.63) is 35.4 Å². The fourth-order valence-corrected chi connectivity index (χ4v) is 2.37. The van der Waals surface area contributed by atoms with Gasteiger partial charge in [-0.15, -0.1) is 0 Å². The maximum absolute atomic E-state index is 2.57. The Balaban J connectivity index is 2.17. The van der Waals surface area contributed by atoms with E-state index in [9.17, 15) is 0 Å². The summed E-state index contributed by atoms with van der Waals surface area (Å²) in [5.41, 5.74) is 2.85. The average molecular weight is 189 g/mol. The summed E-state index contributed by atoms with van der Waals surface area (Å²) in [6.45, 7) is 6.86. The van der Waals surface area contributed by atoms with Crippen LogP contribution in [-0.2, 0) is 0 Å². The van der Waals surface area contributed by atoms with Crippen LogP contribution in [0.3, 0.4) is 0 Å². The van der Waals surface area contributed by atoms with Crippen LogP contribution in [0.1, 0.15) is 36.9 Å². The maximum Gasteiger partial charge on any atom is 0.0348 e. The molecule has 1 aliphatic heterocycles. The van der Waals surface area contributed by atoms with Gasteiger partial charge in [0.05, 0.1) is 0 Å². The summed E-state index contributed by atoms with van der Waals surface area (Å²) >= 11 is 0. The molecule has 0 spiro atoms. The zero-order valence-corrected chi connectivity index (χ0v) is 9.16. The number of nitrogens with zero attached hydrogens (tertiary/aromatic N) is 1. The predicted octanol–water partition coefficient (Wildman–Crippen LogP) is 3.15. The van der Waals surface area contributed by atoms with Gasteiger partial charge in [0.25, 0.3) is 0 Å². The van der Waals surface area contributed by atoms with Gasteiger partial charge in [-0.3, -0.25) is 4.90 Å². The molecule has 1 saturated heterocycles. The summed E-state index contributed by atoms with van der Waals surface area (Å²) in [7, 11) is 0. The van der Waals surface area contributed by atoms with E-state index in [1.165, 1.54) is 37.1 Å². The van der Waals surface area contributed by atoms with Gasteiger partial charge in [0.15, 0.2) is 0 Å². The zero-order valence-electron chi connectivity index (χ0n) is 9.16. The molecule has 1 aliphatic rings. The van der Waals surface area contributed by atoms with Crippen molar-refractivity contribution in [2.45, 2.75) is 32.7 Å². The molecule has 76 valence electrons. The summed E-state index contributed by atoms with van der Waals surface area (Å²) in [6.07, 6.45) is 2.68. The zero-order chi connectivity index (χ0) is 9.97. The molecule has 2 rings (SSSR count). The second-order valence-corrected chi connectivity index (χ2v) is 4.20. The van der Waals surface area contributed by atoms with Crippen molar-refractivity contribution >= 4 is 0 Å². The number of hydrogen-bond acceptors (Lipinski definition) is 1. The Kier molecular flexibility index (Phi) is 2.87. The van der Waals surface area contributed by atoms with Crippen LogP contribution in [0.4, 0.5) is 0 Å². The molecule has 1 unspecified atom stereocenters. The second kappa shape index (κ2) is 4.14.